The van der Waals surface area contributed by atoms with Crippen LogP contribution in [0.25, 0.3) is 5.69 Å². The zero-order chi connectivity index (χ0) is 13.9. The third-order valence-corrected chi connectivity index (χ3v) is 3.89. The predicted molar refractivity (Wildman–Crippen MR) is 74.1 cm³/mol. The molecule has 104 valence electrons. The van der Waals surface area contributed by atoms with E-state index in [2.05, 4.69) is 10.1 Å². The Hall–Kier alpha value is -2.17. The fourth-order valence-electron chi connectivity index (χ4n) is 2.86. The van der Waals surface area contributed by atoms with E-state index in [1.54, 1.807) is 23.3 Å². The van der Waals surface area contributed by atoms with Gasteiger partial charge < -0.3 is 5.11 Å². The number of hydrogen-bond acceptors (Lipinski definition) is 3. The molecule has 20 heavy (non-hydrogen) atoms. The van der Waals surface area contributed by atoms with Crippen LogP contribution in [0.2, 0.25) is 0 Å². The van der Waals surface area contributed by atoms with E-state index in [0.29, 0.717) is 5.56 Å². The Labute approximate surface area is 117 Å². The Bertz CT molecular complexity index is 601. The minimum Gasteiger partial charge on any atom is -0.478 e. The zero-order valence-corrected chi connectivity index (χ0v) is 11.2. The molecule has 1 aliphatic rings. The average Bonchev–Trinajstić information content (AvgIpc) is 2.94. The highest BCUT2D eigenvalue weighted by molar-refractivity contribution is 5.89. The summed E-state index contributed by atoms with van der Waals surface area (Å²) < 4.78 is 1.65. The summed E-state index contributed by atoms with van der Waals surface area (Å²) in [7, 11) is 0. The Morgan fingerprint density at radius 2 is 1.90 bits per heavy atom. The minimum atomic E-state index is -0.897. The van der Waals surface area contributed by atoms with Crippen molar-refractivity contribution in [1.82, 2.24) is 14.8 Å². The second-order valence-corrected chi connectivity index (χ2v) is 5.22. The fraction of sp³-hybridized carbons (Fsp3) is 0.400. The molecule has 2 heterocycles. The SMILES string of the molecule is O=C(O)c1cn(-c2ccncc2)nc1C1CCCCC1. The zero-order valence-electron chi connectivity index (χ0n) is 11.2. The van der Waals surface area contributed by atoms with Crippen molar-refractivity contribution >= 4 is 5.97 Å². The van der Waals surface area contributed by atoms with Gasteiger partial charge in [0.05, 0.1) is 11.4 Å². The number of carboxylic acid groups (broad SMARTS) is 1. The smallest absolute Gasteiger partial charge is 0.339 e. The lowest BCUT2D eigenvalue weighted by Gasteiger charge is -2.20. The molecule has 0 spiro atoms. The first-order valence-corrected chi connectivity index (χ1v) is 6.99. The van der Waals surface area contributed by atoms with Crippen LogP contribution in [0.3, 0.4) is 0 Å². The molecule has 5 heteroatoms. The van der Waals surface area contributed by atoms with Gasteiger partial charge in [-0.15, -0.1) is 0 Å². The molecular weight excluding hydrogens is 254 g/mol. The van der Waals surface area contributed by atoms with Gasteiger partial charge in [-0.1, -0.05) is 19.3 Å². The normalized spacial score (nSPS) is 16.2. The molecule has 3 rings (SSSR count). The summed E-state index contributed by atoms with van der Waals surface area (Å²) in [4.78, 5) is 15.4. The van der Waals surface area contributed by atoms with Crippen molar-refractivity contribution < 1.29 is 9.90 Å². The second-order valence-electron chi connectivity index (χ2n) is 5.22. The maximum Gasteiger partial charge on any atom is 0.339 e. The van der Waals surface area contributed by atoms with E-state index in [-0.39, 0.29) is 5.92 Å². The molecule has 0 unspecified atom stereocenters. The van der Waals surface area contributed by atoms with Crippen LogP contribution in [-0.2, 0) is 0 Å². The van der Waals surface area contributed by atoms with Crippen molar-refractivity contribution in [2.24, 2.45) is 0 Å². The molecule has 2 aromatic rings. The molecule has 0 atom stereocenters. The highest BCUT2D eigenvalue weighted by atomic mass is 16.4. The van der Waals surface area contributed by atoms with Crippen molar-refractivity contribution in [3.8, 4) is 5.69 Å². The van der Waals surface area contributed by atoms with Crippen LogP contribution in [0, 0.1) is 0 Å². The van der Waals surface area contributed by atoms with Crippen LogP contribution in [-0.4, -0.2) is 25.8 Å². The summed E-state index contributed by atoms with van der Waals surface area (Å²) in [6.45, 7) is 0. The lowest BCUT2D eigenvalue weighted by Crippen LogP contribution is -2.10. The predicted octanol–water partition coefficient (Wildman–Crippen LogP) is 3.01. The van der Waals surface area contributed by atoms with Gasteiger partial charge in [-0.25, -0.2) is 9.48 Å². The summed E-state index contributed by atoms with van der Waals surface area (Å²) in [5.74, 6) is -0.621. The largest absolute Gasteiger partial charge is 0.478 e. The molecule has 0 radical (unpaired) electrons. The summed E-state index contributed by atoms with van der Waals surface area (Å²) in [5.41, 5.74) is 1.90. The van der Waals surface area contributed by atoms with Crippen LogP contribution in [0.4, 0.5) is 0 Å². The third kappa shape index (κ3) is 2.43. The Balaban J connectivity index is 2.00. The molecule has 0 bridgehead atoms. The molecule has 1 saturated carbocycles. The number of aromatic carboxylic acids is 1. The molecule has 5 nitrogen and oxygen atoms in total. The maximum absolute atomic E-state index is 11.4. The van der Waals surface area contributed by atoms with Gasteiger partial charge in [-0.3, -0.25) is 4.98 Å². The summed E-state index contributed by atoms with van der Waals surface area (Å²) >= 11 is 0. The summed E-state index contributed by atoms with van der Waals surface area (Å²) in [6, 6.07) is 3.65. The first-order chi connectivity index (χ1) is 9.75. The number of aromatic nitrogens is 3. The Morgan fingerprint density at radius 3 is 2.55 bits per heavy atom. The van der Waals surface area contributed by atoms with E-state index in [9.17, 15) is 9.90 Å². The first-order valence-electron chi connectivity index (χ1n) is 6.99. The van der Waals surface area contributed by atoms with Crippen molar-refractivity contribution in [3.63, 3.8) is 0 Å². The molecule has 1 N–H and O–H groups in total. The summed E-state index contributed by atoms with van der Waals surface area (Å²) in [6.07, 6.45) is 10.6. The third-order valence-electron chi connectivity index (χ3n) is 3.89. The van der Waals surface area contributed by atoms with Crippen molar-refractivity contribution in [2.45, 2.75) is 38.0 Å². The first kappa shape index (κ1) is 12.8. The van der Waals surface area contributed by atoms with Gasteiger partial charge in [-0.2, -0.15) is 5.10 Å². The molecule has 1 aliphatic carbocycles. The molecule has 0 amide bonds. The Kier molecular flexibility index (Phi) is 3.50. The van der Waals surface area contributed by atoms with Crippen molar-refractivity contribution in [2.75, 3.05) is 0 Å². The van der Waals surface area contributed by atoms with Crippen LogP contribution in [0.1, 0.15) is 54.1 Å². The number of carboxylic acids is 1. The van der Waals surface area contributed by atoms with Gasteiger partial charge in [0.25, 0.3) is 0 Å². The van der Waals surface area contributed by atoms with E-state index in [0.717, 1.165) is 37.1 Å². The topological polar surface area (TPSA) is 68.0 Å². The molecule has 0 saturated heterocycles. The van der Waals surface area contributed by atoms with E-state index >= 15 is 0 Å². The molecule has 0 aliphatic heterocycles. The Morgan fingerprint density at radius 1 is 1.20 bits per heavy atom. The highest BCUT2D eigenvalue weighted by Gasteiger charge is 2.25. The number of pyridine rings is 1. The number of carbonyl (C=O) groups is 1. The van der Waals surface area contributed by atoms with Crippen LogP contribution >= 0.6 is 0 Å². The van der Waals surface area contributed by atoms with Crippen LogP contribution in [0.15, 0.2) is 30.7 Å². The van der Waals surface area contributed by atoms with Gasteiger partial charge in [-0.05, 0) is 25.0 Å². The number of hydrogen-bond donors (Lipinski definition) is 1. The van der Waals surface area contributed by atoms with Crippen molar-refractivity contribution in [3.05, 3.63) is 42.0 Å². The summed E-state index contributed by atoms with van der Waals surface area (Å²) in [5, 5.41) is 13.9. The van der Waals surface area contributed by atoms with Gasteiger partial charge in [0.1, 0.15) is 5.56 Å². The van der Waals surface area contributed by atoms with Gasteiger partial charge >= 0.3 is 5.97 Å². The highest BCUT2D eigenvalue weighted by Crippen LogP contribution is 2.33. The molecule has 2 aromatic heterocycles. The van der Waals surface area contributed by atoms with E-state index < -0.39 is 5.97 Å². The van der Waals surface area contributed by atoms with Gasteiger partial charge in [0, 0.05) is 24.5 Å². The fourth-order valence-corrected chi connectivity index (χ4v) is 2.86. The number of nitrogens with zero attached hydrogens (tertiary/aromatic N) is 3. The quantitative estimate of drug-likeness (QED) is 0.931. The maximum atomic E-state index is 11.4. The van der Waals surface area contributed by atoms with Gasteiger partial charge in [0.15, 0.2) is 0 Å². The minimum absolute atomic E-state index is 0.276. The van der Waals surface area contributed by atoms with Crippen molar-refractivity contribution in [1.29, 1.82) is 0 Å². The monoisotopic (exact) mass is 271 g/mol. The second kappa shape index (κ2) is 5.45. The molecule has 0 aromatic carbocycles. The molecular formula is C15H17N3O2. The van der Waals surface area contributed by atoms with E-state index in [1.807, 2.05) is 12.1 Å². The standard InChI is InChI=1S/C15H17N3O2/c19-15(20)13-10-18(12-6-8-16-9-7-12)17-14(13)11-4-2-1-3-5-11/h6-11H,1-5H2,(H,19,20). The molecule has 1 fully saturated rings. The number of rotatable bonds is 3. The lowest BCUT2D eigenvalue weighted by molar-refractivity contribution is 0.0694. The average molecular weight is 271 g/mol. The van der Waals surface area contributed by atoms with Crippen LogP contribution < -0.4 is 0 Å². The van der Waals surface area contributed by atoms with Crippen LogP contribution in [0.5, 0.6) is 0 Å². The van der Waals surface area contributed by atoms with Gasteiger partial charge in [0.2, 0.25) is 0 Å². The van der Waals surface area contributed by atoms with E-state index in [1.165, 1.54) is 6.42 Å². The lowest BCUT2D eigenvalue weighted by atomic mass is 9.85. The van der Waals surface area contributed by atoms with E-state index in [4.69, 9.17) is 0 Å².